The molecule has 0 spiro atoms. The van der Waals surface area contributed by atoms with Crippen LogP contribution < -0.4 is 0 Å². The van der Waals surface area contributed by atoms with Crippen molar-refractivity contribution in [2.24, 2.45) is 0 Å². The molecule has 1 rings (SSSR count). The Morgan fingerprint density at radius 1 is 1.43 bits per heavy atom. The van der Waals surface area contributed by atoms with E-state index in [4.69, 9.17) is 4.74 Å². The van der Waals surface area contributed by atoms with Gasteiger partial charge >= 0.3 is 5.97 Å². The Morgan fingerprint density at radius 3 is 2.57 bits per heavy atom. The van der Waals surface area contributed by atoms with Crippen LogP contribution in [0.15, 0.2) is 12.0 Å². The topological polar surface area (TPSA) is 55.8 Å². The molecule has 0 atom stereocenters. The third-order valence-corrected chi connectivity index (χ3v) is 1.99. The van der Waals surface area contributed by atoms with Crippen LogP contribution in [0, 0.1) is 0 Å². The summed E-state index contributed by atoms with van der Waals surface area (Å²) in [6.45, 7) is 0.628. The molecule has 5 heteroatoms. The van der Waals surface area contributed by atoms with E-state index in [2.05, 4.69) is 4.74 Å². The lowest BCUT2D eigenvalue weighted by atomic mass is 10.4. The number of likely N-dealkylation sites (tertiary alicyclic amines) is 1. The van der Waals surface area contributed by atoms with Crippen LogP contribution in [0.4, 0.5) is 0 Å². The fraction of sp³-hybridized carbons (Fsp3) is 0.556. The first kappa shape index (κ1) is 10.6. The zero-order valence-electron chi connectivity index (χ0n) is 8.28. The van der Waals surface area contributed by atoms with Crippen molar-refractivity contribution in [2.45, 2.75) is 12.8 Å². The lowest BCUT2D eigenvalue weighted by Gasteiger charge is -2.11. The van der Waals surface area contributed by atoms with Gasteiger partial charge in [0, 0.05) is 13.0 Å². The van der Waals surface area contributed by atoms with Crippen LogP contribution in [0.3, 0.4) is 0 Å². The second kappa shape index (κ2) is 4.64. The average Bonchev–Trinajstić information content (AvgIpc) is 2.59. The van der Waals surface area contributed by atoms with Crippen molar-refractivity contribution in [1.29, 1.82) is 0 Å². The molecule has 0 bridgehead atoms. The van der Waals surface area contributed by atoms with E-state index in [9.17, 15) is 9.59 Å². The first-order valence-corrected chi connectivity index (χ1v) is 4.32. The monoisotopic (exact) mass is 199 g/mol. The van der Waals surface area contributed by atoms with Crippen molar-refractivity contribution in [2.75, 3.05) is 20.8 Å². The van der Waals surface area contributed by atoms with Crippen molar-refractivity contribution < 1.29 is 19.1 Å². The number of carbonyl (C=O) groups is 2. The standard InChI is InChI=1S/C9H13NO4/c1-13-7(9(12)14-2)6-10-5-3-4-8(10)11/h6H,3-5H2,1-2H3/b7-6-. The van der Waals surface area contributed by atoms with Crippen LogP contribution in [0.1, 0.15) is 12.8 Å². The second-order valence-electron chi connectivity index (χ2n) is 2.88. The third kappa shape index (κ3) is 2.25. The molecule has 0 aromatic heterocycles. The number of esters is 1. The van der Waals surface area contributed by atoms with E-state index in [1.807, 2.05) is 0 Å². The van der Waals surface area contributed by atoms with E-state index in [-0.39, 0.29) is 11.7 Å². The van der Waals surface area contributed by atoms with Crippen molar-refractivity contribution >= 4 is 11.9 Å². The molecule has 5 nitrogen and oxygen atoms in total. The molecule has 0 radical (unpaired) electrons. The molecule has 78 valence electrons. The average molecular weight is 199 g/mol. The molecule has 0 saturated carbocycles. The summed E-state index contributed by atoms with van der Waals surface area (Å²) in [5.41, 5.74) is 0. The summed E-state index contributed by atoms with van der Waals surface area (Å²) in [5, 5.41) is 0. The summed E-state index contributed by atoms with van der Waals surface area (Å²) in [6, 6.07) is 0. The molecule has 1 aliphatic heterocycles. The number of hydrogen-bond acceptors (Lipinski definition) is 4. The molecule has 0 unspecified atom stereocenters. The zero-order valence-corrected chi connectivity index (χ0v) is 8.28. The number of hydrogen-bond donors (Lipinski definition) is 0. The summed E-state index contributed by atoms with van der Waals surface area (Å²) in [6.07, 6.45) is 2.73. The lowest BCUT2D eigenvalue weighted by Crippen LogP contribution is -2.20. The maximum atomic E-state index is 11.2. The van der Waals surface area contributed by atoms with E-state index in [0.717, 1.165) is 6.42 Å². The molecular weight excluding hydrogens is 186 g/mol. The van der Waals surface area contributed by atoms with Gasteiger partial charge in [0.25, 0.3) is 0 Å². The Balaban J connectivity index is 2.72. The van der Waals surface area contributed by atoms with Gasteiger partial charge in [-0.2, -0.15) is 0 Å². The van der Waals surface area contributed by atoms with Gasteiger partial charge in [0.05, 0.1) is 20.4 Å². The molecule has 14 heavy (non-hydrogen) atoms. The maximum Gasteiger partial charge on any atom is 0.374 e. The number of amides is 1. The van der Waals surface area contributed by atoms with Crippen molar-refractivity contribution in [3.63, 3.8) is 0 Å². The lowest BCUT2D eigenvalue weighted by molar-refractivity contribution is -0.139. The molecule has 1 saturated heterocycles. The molecule has 1 fully saturated rings. The van der Waals surface area contributed by atoms with E-state index in [0.29, 0.717) is 13.0 Å². The predicted octanol–water partition coefficient (Wildman–Crippen LogP) is 0.270. The van der Waals surface area contributed by atoms with Crippen molar-refractivity contribution in [1.82, 2.24) is 4.90 Å². The number of ether oxygens (including phenoxy) is 2. The normalized spacial score (nSPS) is 17.1. The van der Waals surface area contributed by atoms with Gasteiger partial charge in [-0.3, -0.25) is 4.79 Å². The Hall–Kier alpha value is -1.52. The Kier molecular flexibility index (Phi) is 3.50. The van der Waals surface area contributed by atoms with Crippen LogP contribution >= 0.6 is 0 Å². The van der Waals surface area contributed by atoms with Gasteiger partial charge in [-0.1, -0.05) is 0 Å². The number of carbonyl (C=O) groups excluding carboxylic acids is 2. The van der Waals surface area contributed by atoms with Crippen molar-refractivity contribution in [3.05, 3.63) is 12.0 Å². The van der Waals surface area contributed by atoms with E-state index in [1.165, 1.54) is 25.3 Å². The largest absolute Gasteiger partial charge is 0.489 e. The summed E-state index contributed by atoms with van der Waals surface area (Å²) in [5.74, 6) is -0.529. The van der Waals surface area contributed by atoms with Crippen LogP contribution in [0.5, 0.6) is 0 Å². The maximum absolute atomic E-state index is 11.2. The van der Waals surface area contributed by atoms with Gasteiger partial charge in [0.2, 0.25) is 11.7 Å². The first-order valence-electron chi connectivity index (χ1n) is 4.32. The van der Waals surface area contributed by atoms with Gasteiger partial charge in [0.15, 0.2) is 0 Å². The first-order chi connectivity index (χ1) is 6.69. The molecule has 0 aromatic rings. The van der Waals surface area contributed by atoms with Gasteiger partial charge in [-0.05, 0) is 6.42 Å². The number of rotatable bonds is 3. The van der Waals surface area contributed by atoms with E-state index < -0.39 is 5.97 Å². The highest BCUT2D eigenvalue weighted by Crippen LogP contribution is 2.12. The fourth-order valence-corrected chi connectivity index (χ4v) is 1.24. The Morgan fingerprint density at radius 2 is 2.14 bits per heavy atom. The van der Waals surface area contributed by atoms with Crippen LogP contribution in [-0.4, -0.2) is 37.5 Å². The van der Waals surface area contributed by atoms with E-state index >= 15 is 0 Å². The zero-order chi connectivity index (χ0) is 10.6. The molecule has 0 aromatic carbocycles. The highest BCUT2D eigenvalue weighted by molar-refractivity contribution is 5.87. The van der Waals surface area contributed by atoms with Gasteiger partial charge < -0.3 is 14.4 Å². The Bertz CT molecular complexity index is 272. The molecule has 1 amide bonds. The fourth-order valence-electron chi connectivity index (χ4n) is 1.24. The third-order valence-electron chi connectivity index (χ3n) is 1.99. The van der Waals surface area contributed by atoms with Crippen molar-refractivity contribution in [3.8, 4) is 0 Å². The van der Waals surface area contributed by atoms with Gasteiger partial charge in [0.1, 0.15) is 0 Å². The van der Waals surface area contributed by atoms with Crippen LogP contribution in [0.25, 0.3) is 0 Å². The number of methoxy groups -OCH3 is 2. The van der Waals surface area contributed by atoms with Crippen LogP contribution in [0.2, 0.25) is 0 Å². The predicted molar refractivity (Wildman–Crippen MR) is 48.1 cm³/mol. The summed E-state index contributed by atoms with van der Waals surface area (Å²) in [7, 11) is 2.63. The van der Waals surface area contributed by atoms with Gasteiger partial charge in [-0.25, -0.2) is 4.79 Å². The second-order valence-corrected chi connectivity index (χ2v) is 2.88. The minimum absolute atomic E-state index is 0.00320. The minimum Gasteiger partial charge on any atom is -0.489 e. The SMILES string of the molecule is COC(=O)/C(=C/N1CCCC1=O)OC. The Labute approximate surface area is 82.3 Å². The highest BCUT2D eigenvalue weighted by atomic mass is 16.6. The molecule has 0 aliphatic carbocycles. The summed E-state index contributed by atoms with van der Waals surface area (Å²) in [4.78, 5) is 23.8. The highest BCUT2D eigenvalue weighted by Gasteiger charge is 2.21. The molecular formula is C9H13NO4. The quantitative estimate of drug-likeness (QED) is 0.372. The smallest absolute Gasteiger partial charge is 0.374 e. The molecule has 0 N–H and O–H groups in total. The van der Waals surface area contributed by atoms with Gasteiger partial charge in [-0.15, -0.1) is 0 Å². The molecule has 1 heterocycles. The summed E-state index contributed by atoms with van der Waals surface area (Å²) >= 11 is 0. The summed E-state index contributed by atoms with van der Waals surface area (Å²) < 4.78 is 9.28. The minimum atomic E-state index is -0.577. The molecule has 1 aliphatic rings. The number of nitrogens with zero attached hydrogens (tertiary/aromatic N) is 1. The van der Waals surface area contributed by atoms with Crippen LogP contribution in [-0.2, 0) is 19.1 Å². The van der Waals surface area contributed by atoms with E-state index in [1.54, 1.807) is 0 Å².